The molecular weight excluding hydrogens is 817 g/mol. The van der Waals surface area contributed by atoms with Gasteiger partial charge in [0, 0.05) is 39.3 Å². The molecule has 392 valence electrons. The van der Waals surface area contributed by atoms with E-state index in [4.69, 9.17) is 9.47 Å². The molecule has 8 heteroatoms. The largest absolute Gasteiger partial charge is 0.466 e. The van der Waals surface area contributed by atoms with Crippen molar-refractivity contribution in [1.29, 1.82) is 0 Å². The van der Waals surface area contributed by atoms with Crippen LogP contribution in [0.1, 0.15) is 272 Å². The smallest absolute Gasteiger partial charge is 0.307 e. The molecule has 1 aliphatic rings. The lowest BCUT2D eigenvalue weighted by molar-refractivity contribution is -0.145. The van der Waals surface area contributed by atoms with E-state index in [1.54, 1.807) is 0 Å². The first kappa shape index (κ1) is 62.8. The van der Waals surface area contributed by atoms with Gasteiger partial charge in [-0.25, -0.2) is 0 Å². The fraction of sp³-hybridized carbons (Fsp3) is 0.966. The van der Waals surface area contributed by atoms with E-state index in [-0.39, 0.29) is 11.9 Å². The maximum Gasteiger partial charge on any atom is 0.307 e. The Bertz CT molecular complexity index is 890. The molecule has 0 aromatic heterocycles. The number of piperazine rings is 1. The molecule has 0 saturated carbocycles. The topological polar surface area (TPSA) is 65.6 Å². The first-order valence-electron chi connectivity index (χ1n) is 29.7. The van der Waals surface area contributed by atoms with Crippen molar-refractivity contribution in [2.45, 2.75) is 272 Å². The third kappa shape index (κ3) is 42.8. The van der Waals surface area contributed by atoms with E-state index in [1.165, 1.54) is 205 Å². The van der Waals surface area contributed by atoms with Crippen LogP contribution >= 0.6 is 0 Å². The number of hydrogen-bond donors (Lipinski definition) is 0. The van der Waals surface area contributed by atoms with Crippen LogP contribution in [0.4, 0.5) is 0 Å². The lowest BCUT2D eigenvalue weighted by Crippen LogP contribution is -2.46. The van der Waals surface area contributed by atoms with Crippen molar-refractivity contribution < 1.29 is 19.1 Å². The molecule has 8 nitrogen and oxygen atoms in total. The number of nitrogens with zero attached hydrogens (tertiary/aromatic N) is 4. The Balaban J connectivity index is 2.19. The van der Waals surface area contributed by atoms with Crippen molar-refractivity contribution in [2.75, 3.05) is 91.8 Å². The number of ether oxygens (including phenoxy) is 2. The molecule has 0 radical (unpaired) electrons. The number of carbonyl (C=O) groups is 2. The minimum Gasteiger partial charge on any atom is -0.466 e. The van der Waals surface area contributed by atoms with Crippen LogP contribution in [0.25, 0.3) is 0 Å². The molecule has 0 aromatic carbocycles. The second-order valence-electron chi connectivity index (χ2n) is 20.6. The highest BCUT2D eigenvalue weighted by molar-refractivity contribution is 5.69. The van der Waals surface area contributed by atoms with E-state index in [0.717, 1.165) is 104 Å². The highest BCUT2D eigenvalue weighted by Gasteiger charge is 2.17. The molecule has 66 heavy (non-hydrogen) atoms. The Morgan fingerprint density at radius 1 is 0.318 bits per heavy atom. The van der Waals surface area contributed by atoms with Gasteiger partial charge in [-0.05, 0) is 90.6 Å². The number of unbranched alkanes of at least 4 members (excludes halogenated alkanes) is 30. The molecule has 1 saturated heterocycles. The minimum absolute atomic E-state index is 0.0180. The highest BCUT2D eigenvalue weighted by Crippen LogP contribution is 2.15. The molecule has 0 amide bonds. The van der Waals surface area contributed by atoms with Crippen molar-refractivity contribution in [3.63, 3.8) is 0 Å². The van der Waals surface area contributed by atoms with Gasteiger partial charge in [0.2, 0.25) is 0 Å². The van der Waals surface area contributed by atoms with Gasteiger partial charge in [-0.3, -0.25) is 9.59 Å². The second kappa shape index (κ2) is 50.2. The van der Waals surface area contributed by atoms with Gasteiger partial charge in [0.05, 0.1) is 26.1 Å². The summed E-state index contributed by atoms with van der Waals surface area (Å²) in [6.45, 7) is 23.0. The number of carbonyl (C=O) groups excluding carboxylic acids is 2. The highest BCUT2D eigenvalue weighted by atomic mass is 16.5. The minimum atomic E-state index is -0.0180. The van der Waals surface area contributed by atoms with Crippen LogP contribution in [-0.2, 0) is 19.1 Å². The Labute approximate surface area is 412 Å². The maximum atomic E-state index is 12.7. The van der Waals surface area contributed by atoms with Gasteiger partial charge in [0.15, 0.2) is 0 Å². The van der Waals surface area contributed by atoms with Crippen molar-refractivity contribution in [3.8, 4) is 0 Å². The van der Waals surface area contributed by atoms with Crippen molar-refractivity contribution in [1.82, 2.24) is 19.6 Å². The summed E-state index contributed by atoms with van der Waals surface area (Å²) in [5.41, 5.74) is 0. The summed E-state index contributed by atoms with van der Waals surface area (Å²) < 4.78 is 11.4. The van der Waals surface area contributed by atoms with Gasteiger partial charge in [0.1, 0.15) is 0 Å². The third-order valence-electron chi connectivity index (χ3n) is 14.3. The van der Waals surface area contributed by atoms with Gasteiger partial charge in [-0.1, -0.05) is 207 Å². The summed E-state index contributed by atoms with van der Waals surface area (Å²) in [4.78, 5) is 35.7. The first-order valence-corrected chi connectivity index (χ1v) is 29.7. The SMILES string of the molecule is CCCCCCCCCCN(CCCCCCCCCC)CCC(=O)OCCCCN1CCN(CCCCOC(=O)CCN(CCCCCCCCCC)CCCCCCCCCC)CC1. The summed E-state index contributed by atoms with van der Waals surface area (Å²) >= 11 is 0. The standard InChI is InChI=1S/C58H116N4O4/c1-5-9-13-17-21-25-29-33-43-59(44-34-30-26-22-18-14-10-6-2)49-41-57(63)65-55-39-37-47-61-51-53-62(54-52-61)48-38-40-56-66-58(64)42-50-60(45-35-31-27-23-19-15-11-7-3)46-36-32-28-24-20-16-12-8-4/h5-56H2,1-4H3. The number of esters is 2. The first-order chi connectivity index (χ1) is 32.5. The van der Waals surface area contributed by atoms with Gasteiger partial charge in [-0.2, -0.15) is 0 Å². The van der Waals surface area contributed by atoms with E-state index in [2.05, 4.69) is 47.3 Å². The van der Waals surface area contributed by atoms with Crippen LogP contribution in [0.5, 0.6) is 0 Å². The summed E-state index contributed by atoms with van der Waals surface area (Å²) in [5, 5.41) is 0. The van der Waals surface area contributed by atoms with E-state index in [0.29, 0.717) is 26.1 Å². The monoisotopic (exact) mass is 933 g/mol. The van der Waals surface area contributed by atoms with Crippen molar-refractivity contribution >= 4 is 11.9 Å². The van der Waals surface area contributed by atoms with Crippen LogP contribution in [0.2, 0.25) is 0 Å². The Morgan fingerprint density at radius 3 is 0.818 bits per heavy atom. The van der Waals surface area contributed by atoms with Crippen LogP contribution in [0.15, 0.2) is 0 Å². The van der Waals surface area contributed by atoms with Crippen molar-refractivity contribution in [3.05, 3.63) is 0 Å². The Hall–Kier alpha value is -1.22. The molecule has 0 spiro atoms. The van der Waals surface area contributed by atoms with Crippen LogP contribution in [0, 0.1) is 0 Å². The molecule has 0 unspecified atom stereocenters. The van der Waals surface area contributed by atoms with E-state index >= 15 is 0 Å². The van der Waals surface area contributed by atoms with E-state index < -0.39 is 0 Å². The van der Waals surface area contributed by atoms with Crippen LogP contribution in [-0.4, -0.2) is 123 Å². The Kier molecular flexibility index (Phi) is 47.7. The quantitative estimate of drug-likeness (QED) is 0.0441. The fourth-order valence-corrected chi connectivity index (χ4v) is 9.67. The van der Waals surface area contributed by atoms with Crippen LogP contribution < -0.4 is 0 Å². The normalized spacial score (nSPS) is 13.7. The predicted octanol–water partition coefficient (Wildman–Crippen LogP) is 15.2. The van der Waals surface area contributed by atoms with Gasteiger partial charge in [0.25, 0.3) is 0 Å². The van der Waals surface area contributed by atoms with Crippen LogP contribution in [0.3, 0.4) is 0 Å². The summed E-state index contributed by atoms with van der Waals surface area (Å²) in [5.74, 6) is -0.0360. The molecule has 1 aliphatic heterocycles. The number of rotatable bonds is 52. The zero-order valence-corrected chi connectivity index (χ0v) is 45.2. The average Bonchev–Trinajstić information content (AvgIpc) is 3.32. The van der Waals surface area contributed by atoms with Crippen molar-refractivity contribution in [2.24, 2.45) is 0 Å². The van der Waals surface area contributed by atoms with Gasteiger partial charge >= 0.3 is 11.9 Å². The molecule has 1 heterocycles. The van der Waals surface area contributed by atoms with Gasteiger partial charge < -0.3 is 29.1 Å². The molecule has 0 aliphatic carbocycles. The summed E-state index contributed by atoms with van der Waals surface area (Å²) in [7, 11) is 0. The molecule has 0 aromatic rings. The summed E-state index contributed by atoms with van der Waals surface area (Å²) in [6, 6.07) is 0. The third-order valence-corrected chi connectivity index (χ3v) is 14.3. The zero-order valence-electron chi connectivity index (χ0n) is 45.2. The zero-order chi connectivity index (χ0) is 47.6. The Morgan fingerprint density at radius 2 is 0.561 bits per heavy atom. The molecule has 0 N–H and O–H groups in total. The second-order valence-corrected chi connectivity index (χ2v) is 20.6. The molecule has 1 fully saturated rings. The lowest BCUT2D eigenvalue weighted by Gasteiger charge is -2.34. The maximum absolute atomic E-state index is 12.7. The average molecular weight is 934 g/mol. The predicted molar refractivity (Wildman–Crippen MR) is 286 cm³/mol. The summed E-state index contributed by atoms with van der Waals surface area (Å²) in [6.07, 6.45) is 48.2. The van der Waals surface area contributed by atoms with Gasteiger partial charge in [-0.15, -0.1) is 0 Å². The molecule has 0 bridgehead atoms. The van der Waals surface area contributed by atoms with E-state index in [1.807, 2.05) is 0 Å². The molecule has 1 rings (SSSR count). The lowest BCUT2D eigenvalue weighted by atomic mass is 10.1. The molecular formula is C58H116N4O4. The fourth-order valence-electron chi connectivity index (χ4n) is 9.67. The molecule has 0 atom stereocenters. The van der Waals surface area contributed by atoms with E-state index in [9.17, 15) is 9.59 Å². The number of hydrogen-bond acceptors (Lipinski definition) is 8.